The number of rotatable bonds is 6. The summed E-state index contributed by atoms with van der Waals surface area (Å²) in [7, 11) is 0. The molecule has 1 aliphatic heterocycles. The van der Waals surface area contributed by atoms with Crippen LogP contribution in [-0.2, 0) is 16.1 Å². The summed E-state index contributed by atoms with van der Waals surface area (Å²) in [6.07, 6.45) is 7.79. The van der Waals surface area contributed by atoms with Crippen LogP contribution in [0.2, 0.25) is 0 Å². The Morgan fingerprint density at radius 3 is 2.49 bits per heavy atom. The van der Waals surface area contributed by atoms with Gasteiger partial charge >= 0.3 is 0 Å². The molecule has 1 fully saturated rings. The lowest BCUT2D eigenvalue weighted by molar-refractivity contribution is -0.139. The van der Waals surface area contributed by atoms with Gasteiger partial charge in [0.1, 0.15) is 11.3 Å². The number of benzene rings is 1. The predicted octanol–water partition coefficient (Wildman–Crippen LogP) is 3.97. The Morgan fingerprint density at radius 1 is 1.03 bits per heavy atom. The molecule has 1 saturated heterocycles. The number of aryl methyl sites for hydroxylation is 4. The number of hydrogen-bond donors (Lipinski definition) is 1. The number of pyridine rings is 1. The van der Waals surface area contributed by atoms with Crippen molar-refractivity contribution in [1.29, 1.82) is 0 Å². The maximum absolute atomic E-state index is 13.3. The smallest absolute Gasteiger partial charge is 0.295 e. The summed E-state index contributed by atoms with van der Waals surface area (Å²) in [5, 5.41) is 11.5. The van der Waals surface area contributed by atoms with E-state index >= 15 is 0 Å². The molecule has 1 aromatic carbocycles. The zero-order valence-electron chi connectivity index (χ0n) is 20.0. The number of fused-ring (bicyclic) bond motifs is 1. The number of likely N-dealkylation sites (tertiary alicyclic amines) is 1. The number of Topliss-reactive ketones (excluding diaryl/α,β-unsaturated/α-hetero) is 1. The number of aliphatic hydroxyl groups excluding tert-OH is 1. The SMILES string of the molecule is Cc1ccc(C2/C(=C(\O)c3nc4c(C)cccn4c3C)C(=O)C(=O)N2CCCn2ccnc2)cc1. The number of aliphatic hydroxyl groups is 1. The number of amides is 1. The van der Waals surface area contributed by atoms with E-state index in [9.17, 15) is 14.7 Å². The highest BCUT2D eigenvalue weighted by atomic mass is 16.3. The molecule has 8 heteroatoms. The molecule has 4 heterocycles. The monoisotopic (exact) mass is 469 g/mol. The van der Waals surface area contributed by atoms with Gasteiger partial charge in [0.25, 0.3) is 11.7 Å². The van der Waals surface area contributed by atoms with E-state index in [1.54, 1.807) is 17.4 Å². The Kier molecular flexibility index (Phi) is 5.72. The van der Waals surface area contributed by atoms with Gasteiger partial charge in [0.05, 0.1) is 23.6 Å². The molecule has 1 atom stereocenters. The van der Waals surface area contributed by atoms with E-state index in [2.05, 4.69) is 9.97 Å². The van der Waals surface area contributed by atoms with Gasteiger partial charge in [-0.15, -0.1) is 0 Å². The van der Waals surface area contributed by atoms with Crippen molar-refractivity contribution in [3.8, 4) is 0 Å². The molecule has 1 aliphatic rings. The first-order valence-corrected chi connectivity index (χ1v) is 11.6. The topological polar surface area (TPSA) is 92.7 Å². The molecular formula is C27H27N5O3. The van der Waals surface area contributed by atoms with Crippen molar-refractivity contribution in [2.75, 3.05) is 6.54 Å². The van der Waals surface area contributed by atoms with E-state index in [0.717, 1.165) is 16.7 Å². The van der Waals surface area contributed by atoms with E-state index in [-0.39, 0.29) is 11.3 Å². The number of hydrogen-bond acceptors (Lipinski definition) is 5. The lowest BCUT2D eigenvalue weighted by atomic mass is 9.95. The van der Waals surface area contributed by atoms with Crippen molar-refractivity contribution in [1.82, 2.24) is 23.8 Å². The molecule has 0 aliphatic carbocycles. The Bertz CT molecular complexity index is 1450. The maximum Gasteiger partial charge on any atom is 0.295 e. The highest BCUT2D eigenvalue weighted by Crippen LogP contribution is 2.40. The molecule has 4 aromatic rings. The normalized spacial score (nSPS) is 17.6. The van der Waals surface area contributed by atoms with E-state index < -0.39 is 17.7 Å². The zero-order valence-corrected chi connectivity index (χ0v) is 20.0. The summed E-state index contributed by atoms with van der Waals surface area (Å²) in [6.45, 7) is 6.79. The molecule has 0 spiro atoms. The summed E-state index contributed by atoms with van der Waals surface area (Å²) in [4.78, 5) is 36.8. The van der Waals surface area contributed by atoms with Gasteiger partial charge in [-0.3, -0.25) is 9.59 Å². The first-order valence-electron chi connectivity index (χ1n) is 11.6. The van der Waals surface area contributed by atoms with Crippen molar-refractivity contribution >= 4 is 23.1 Å². The van der Waals surface area contributed by atoms with Crippen molar-refractivity contribution in [2.24, 2.45) is 0 Å². The Balaban J connectivity index is 1.60. The number of ketones is 1. The van der Waals surface area contributed by atoms with Gasteiger partial charge in [-0.1, -0.05) is 35.9 Å². The average Bonchev–Trinajstić information content (AvgIpc) is 3.54. The third kappa shape index (κ3) is 3.90. The van der Waals surface area contributed by atoms with Crippen LogP contribution in [0.15, 0.2) is 66.9 Å². The molecule has 8 nitrogen and oxygen atoms in total. The summed E-state index contributed by atoms with van der Waals surface area (Å²) in [5.41, 5.74) is 4.58. The van der Waals surface area contributed by atoms with Crippen LogP contribution in [0.25, 0.3) is 11.4 Å². The molecule has 5 rings (SSSR count). The molecule has 0 radical (unpaired) electrons. The molecule has 0 saturated carbocycles. The predicted molar refractivity (Wildman–Crippen MR) is 132 cm³/mol. The van der Waals surface area contributed by atoms with Crippen LogP contribution in [0, 0.1) is 20.8 Å². The molecule has 0 bridgehead atoms. The van der Waals surface area contributed by atoms with Crippen LogP contribution in [0.3, 0.4) is 0 Å². The van der Waals surface area contributed by atoms with Crippen LogP contribution in [0.1, 0.15) is 40.5 Å². The average molecular weight is 470 g/mol. The van der Waals surface area contributed by atoms with E-state index in [0.29, 0.717) is 36.5 Å². The molecule has 1 amide bonds. The second kappa shape index (κ2) is 8.87. The van der Waals surface area contributed by atoms with Gasteiger partial charge in [-0.2, -0.15) is 0 Å². The lowest BCUT2D eigenvalue weighted by Gasteiger charge is -2.25. The number of carbonyl (C=O) groups excluding carboxylic acids is 2. The van der Waals surface area contributed by atoms with Crippen LogP contribution >= 0.6 is 0 Å². The van der Waals surface area contributed by atoms with Gasteiger partial charge in [0.15, 0.2) is 5.76 Å². The summed E-state index contributed by atoms with van der Waals surface area (Å²) < 4.78 is 3.81. The van der Waals surface area contributed by atoms with Gasteiger partial charge in [-0.25, -0.2) is 9.97 Å². The second-order valence-electron chi connectivity index (χ2n) is 8.99. The number of nitrogens with zero attached hydrogens (tertiary/aromatic N) is 5. The Labute approximate surface area is 203 Å². The van der Waals surface area contributed by atoms with Crippen molar-refractivity contribution in [3.05, 3.63) is 95.0 Å². The summed E-state index contributed by atoms with van der Waals surface area (Å²) in [5.74, 6) is -1.55. The third-order valence-electron chi connectivity index (χ3n) is 6.62. The number of aromatic nitrogens is 4. The van der Waals surface area contributed by atoms with E-state index in [1.165, 1.54) is 0 Å². The number of carbonyl (C=O) groups is 2. The van der Waals surface area contributed by atoms with Crippen molar-refractivity contribution in [2.45, 2.75) is 39.8 Å². The summed E-state index contributed by atoms with van der Waals surface area (Å²) in [6, 6.07) is 10.9. The molecular weight excluding hydrogens is 442 g/mol. The quantitative estimate of drug-likeness (QED) is 0.262. The van der Waals surface area contributed by atoms with Gasteiger partial charge in [-0.05, 0) is 44.4 Å². The second-order valence-corrected chi connectivity index (χ2v) is 8.99. The number of imidazole rings is 2. The van der Waals surface area contributed by atoms with Crippen LogP contribution in [-0.4, -0.2) is 47.2 Å². The first kappa shape index (κ1) is 22.6. The Hall–Kier alpha value is -4.20. The fraction of sp³-hybridized carbons (Fsp3) is 0.259. The van der Waals surface area contributed by atoms with Crippen LogP contribution in [0.5, 0.6) is 0 Å². The minimum atomic E-state index is -0.691. The lowest BCUT2D eigenvalue weighted by Crippen LogP contribution is -2.31. The third-order valence-corrected chi connectivity index (χ3v) is 6.62. The maximum atomic E-state index is 13.3. The van der Waals surface area contributed by atoms with Gasteiger partial charge in [0.2, 0.25) is 0 Å². The molecule has 1 N–H and O–H groups in total. The fourth-order valence-corrected chi connectivity index (χ4v) is 4.72. The minimum absolute atomic E-state index is 0.0747. The van der Waals surface area contributed by atoms with Gasteiger partial charge < -0.3 is 19.0 Å². The summed E-state index contributed by atoms with van der Waals surface area (Å²) >= 11 is 0. The molecule has 35 heavy (non-hydrogen) atoms. The molecule has 3 aromatic heterocycles. The van der Waals surface area contributed by atoms with E-state index in [1.807, 2.05) is 78.5 Å². The first-order chi connectivity index (χ1) is 16.9. The van der Waals surface area contributed by atoms with Gasteiger partial charge in [0, 0.05) is 31.7 Å². The largest absolute Gasteiger partial charge is 0.505 e. The van der Waals surface area contributed by atoms with E-state index in [4.69, 9.17) is 0 Å². The van der Waals surface area contributed by atoms with Crippen molar-refractivity contribution < 1.29 is 14.7 Å². The van der Waals surface area contributed by atoms with Crippen LogP contribution < -0.4 is 0 Å². The standard InChI is InChI=1S/C27H27N5O3/c1-17-7-9-20(10-8-17)23-21(24(33)22-19(3)31-13-4-6-18(2)26(31)29-22)25(34)27(35)32(23)14-5-12-30-15-11-28-16-30/h4,6-11,13,15-16,23,33H,5,12,14H2,1-3H3/b24-21+. The highest BCUT2D eigenvalue weighted by molar-refractivity contribution is 6.46. The van der Waals surface area contributed by atoms with Crippen molar-refractivity contribution in [3.63, 3.8) is 0 Å². The highest BCUT2D eigenvalue weighted by Gasteiger charge is 2.46. The molecule has 178 valence electrons. The minimum Gasteiger partial charge on any atom is -0.505 e. The van der Waals surface area contributed by atoms with Crippen LogP contribution in [0.4, 0.5) is 0 Å². The fourth-order valence-electron chi connectivity index (χ4n) is 4.72. The molecule has 1 unspecified atom stereocenters. The zero-order chi connectivity index (χ0) is 24.7. The Morgan fingerprint density at radius 2 is 1.80 bits per heavy atom.